The maximum absolute atomic E-state index is 12.6. The van der Waals surface area contributed by atoms with Crippen molar-refractivity contribution in [1.82, 2.24) is 5.32 Å². The Kier molecular flexibility index (Phi) is 6.40. The van der Waals surface area contributed by atoms with Gasteiger partial charge in [0.25, 0.3) is 0 Å². The van der Waals surface area contributed by atoms with Crippen LogP contribution in [0.25, 0.3) is 0 Å². The molecule has 0 saturated carbocycles. The van der Waals surface area contributed by atoms with E-state index in [4.69, 9.17) is 4.74 Å². The summed E-state index contributed by atoms with van der Waals surface area (Å²) in [5.41, 5.74) is 0.167. The molecular formula is C18H24BrNO4. The van der Waals surface area contributed by atoms with Crippen molar-refractivity contribution in [1.29, 1.82) is 0 Å². The van der Waals surface area contributed by atoms with Crippen molar-refractivity contribution in [2.75, 3.05) is 19.8 Å². The Morgan fingerprint density at radius 1 is 1.29 bits per heavy atom. The molecule has 2 rings (SSSR count). The van der Waals surface area contributed by atoms with Crippen molar-refractivity contribution in [2.45, 2.75) is 32.1 Å². The number of nitrogens with one attached hydrogen (secondary N) is 1. The lowest BCUT2D eigenvalue weighted by Crippen LogP contribution is -2.45. The van der Waals surface area contributed by atoms with E-state index in [-0.39, 0.29) is 18.4 Å². The molecule has 1 fully saturated rings. The van der Waals surface area contributed by atoms with Gasteiger partial charge in [0.2, 0.25) is 5.91 Å². The average molecular weight is 398 g/mol. The smallest absolute Gasteiger partial charge is 0.308 e. The lowest BCUT2D eigenvalue weighted by molar-refractivity contribution is -0.145. The maximum Gasteiger partial charge on any atom is 0.308 e. The van der Waals surface area contributed by atoms with E-state index in [1.165, 1.54) is 0 Å². The quantitative estimate of drug-likeness (QED) is 0.773. The van der Waals surface area contributed by atoms with Crippen LogP contribution in [0.4, 0.5) is 0 Å². The second kappa shape index (κ2) is 8.12. The zero-order valence-corrected chi connectivity index (χ0v) is 15.6. The molecule has 0 radical (unpaired) electrons. The van der Waals surface area contributed by atoms with Crippen molar-refractivity contribution in [3.8, 4) is 0 Å². The van der Waals surface area contributed by atoms with Crippen LogP contribution in [0.15, 0.2) is 28.7 Å². The molecule has 6 heteroatoms. The van der Waals surface area contributed by atoms with Crippen LogP contribution in [0, 0.1) is 11.8 Å². The lowest BCUT2D eigenvalue weighted by atomic mass is 9.82. The number of ether oxygens (including phenoxy) is 1. The number of carbonyl (C=O) groups excluding carboxylic acids is 1. The van der Waals surface area contributed by atoms with Gasteiger partial charge in [-0.15, -0.1) is 0 Å². The van der Waals surface area contributed by atoms with Gasteiger partial charge in [-0.3, -0.25) is 9.59 Å². The SMILES string of the molecule is CC(C)(C(=O)NCC(C(=O)O)C1CCOCC1)c1ccc(Br)cc1. The van der Waals surface area contributed by atoms with Crippen LogP contribution in [-0.2, 0) is 19.7 Å². The Morgan fingerprint density at radius 2 is 1.88 bits per heavy atom. The molecule has 24 heavy (non-hydrogen) atoms. The van der Waals surface area contributed by atoms with Crippen LogP contribution in [0.5, 0.6) is 0 Å². The van der Waals surface area contributed by atoms with Gasteiger partial charge >= 0.3 is 5.97 Å². The molecule has 1 aliphatic rings. The largest absolute Gasteiger partial charge is 0.481 e. The summed E-state index contributed by atoms with van der Waals surface area (Å²) in [7, 11) is 0. The fraction of sp³-hybridized carbons (Fsp3) is 0.556. The zero-order valence-electron chi connectivity index (χ0n) is 14.0. The number of carboxylic acids is 1. The molecule has 1 amide bonds. The highest BCUT2D eigenvalue weighted by atomic mass is 79.9. The third-order valence-corrected chi connectivity index (χ3v) is 5.30. The number of hydrogen-bond donors (Lipinski definition) is 2. The highest BCUT2D eigenvalue weighted by molar-refractivity contribution is 9.10. The van der Waals surface area contributed by atoms with Gasteiger partial charge in [-0.2, -0.15) is 0 Å². The minimum absolute atomic E-state index is 0.0485. The van der Waals surface area contributed by atoms with Gasteiger partial charge in [0.05, 0.1) is 11.3 Å². The van der Waals surface area contributed by atoms with Crippen molar-refractivity contribution in [3.05, 3.63) is 34.3 Å². The van der Waals surface area contributed by atoms with Crippen LogP contribution < -0.4 is 5.32 Å². The first-order valence-corrected chi connectivity index (χ1v) is 8.96. The van der Waals surface area contributed by atoms with Crippen molar-refractivity contribution in [2.24, 2.45) is 11.8 Å². The van der Waals surface area contributed by atoms with Crippen LogP contribution >= 0.6 is 15.9 Å². The minimum Gasteiger partial charge on any atom is -0.481 e. The van der Waals surface area contributed by atoms with Gasteiger partial charge in [-0.25, -0.2) is 0 Å². The lowest BCUT2D eigenvalue weighted by Gasteiger charge is -2.29. The molecule has 0 spiro atoms. The standard InChI is InChI=1S/C18H24BrNO4/c1-18(2,13-3-5-14(19)6-4-13)17(23)20-11-15(16(21)22)12-7-9-24-10-8-12/h3-6,12,15H,7-11H2,1-2H3,(H,20,23)(H,21,22). The van der Waals surface area contributed by atoms with Crippen LogP contribution in [0.1, 0.15) is 32.3 Å². The number of carboxylic acid groups (broad SMARTS) is 1. The fourth-order valence-electron chi connectivity index (χ4n) is 3.00. The molecule has 1 unspecified atom stereocenters. The van der Waals surface area contributed by atoms with E-state index in [1.54, 1.807) is 0 Å². The Bertz CT molecular complexity index is 579. The van der Waals surface area contributed by atoms with Gasteiger partial charge in [0.1, 0.15) is 0 Å². The van der Waals surface area contributed by atoms with Crippen LogP contribution in [0.2, 0.25) is 0 Å². The number of benzene rings is 1. The molecule has 1 atom stereocenters. The van der Waals surface area contributed by atoms with Gasteiger partial charge in [0, 0.05) is 24.2 Å². The number of halogens is 1. The van der Waals surface area contributed by atoms with Crippen LogP contribution in [-0.4, -0.2) is 36.7 Å². The van der Waals surface area contributed by atoms with E-state index >= 15 is 0 Å². The minimum atomic E-state index is -0.858. The molecule has 1 aromatic rings. The number of amides is 1. The van der Waals surface area contributed by atoms with E-state index in [0.717, 1.165) is 22.9 Å². The predicted octanol–water partition coefficient (Wildman–Crippen LogP) is 2.97. The highest BCUT2D eigenvalue weighted by Crippen LogP contribution is 2.27. The number of aliphatic carboxylic acids is 1. The number of hydrogen-bond acceptors (Lipinski definition) is 3. The molecule has 5 nitrogen and oxygen atoms in total. The topological polar surface area (TPSA) is 75.6 Å². The first kappa shape index (κ1) is 18.9. The monoisotopic (exact) mass is 397 g/mol. The maximum atomic E-state index is 12.6. The molecule has 1 saturated heterocycles. The molecule has 132 valence electrons. The molecule has 1 aromatic carbocycles. The molecule has 1 aliphatic heterocycles. The average Bonchev–Trinajstić information content (AvgIpc) is 2.56. The van der Waals surface area contributed by atoms with Gasteiger partial charge in [0.15, 0.2) is 0 Å². The number of carbonyl (C=O) groups is 2. The second-order valence-electron chi connectivity index (χ2n) is 6.74. The summed E-state index contributed by atoms with van der Waals surface area (Å²) >= 11 is 3.38. The molecule has 0 aliphatic carbocycles. The van der Waals surface area contributed by atoms with Gasteiger partial charge in [-0.05, 0) is 50.3 Å². The van der Waals surface area contributed by atoms with Crippen molar-refractivity contribution in [3.63, 3.8) is 0 Å². The third-order valence-electron chi connectivity index (χ3n) is 4.77. The first-order chi connectivity index (χ1) is 11.3. The summed E-state index contributed by atoms with van der Waals surface area (Å²) in [5.74, 6) is -1.54. The Labute approximate surface area is 150 Å². The summed E-state index contributed by atoms with van der Waals surface area (Å²) in [6.45, 7) is 5.02. The Morgan fingerprint density at radius 3 is 2.42 bits per heavy atom. The molecule has 2 N–H and O–H groups in total. The van der Waals surface area contributed by atoms with Crippen LogP contribution in [0.3, 0.4) is 0 Å². The normalized spacial score (nSPS) is 17.3. The van der Waals surface area contributed by atoms with Crippen molar-refractivity contribution < 1.29 is 19.4 Å². The Hall–Kier alpha value is -1.40. The van der Waals surface area contributed by atoms with E-state index in [9.17, 15) is 14.7 Å². The van der Waals surface area contributed by atoms with Crippen molar-refractivity contribution >= 4 is 27.8 Å². The molecular weight excluding hydrogens is 374 g/mol. The van der Waals surface area contributed by atoms with Gasteiger partial charge < -0.3 is 15.2 Å². The summed E-state index contributed by atoms with van der Waals surface area (Å²) in [6, 6.07) is 7.59. The van der Waals surface area contributed by atoms with Gasteiger partial charge in [-0.1, -0.05) is 28.1 Å². The summed E-state index contributed by atoms with van der Waals surface area (Å²) in [4.78, 5) is 24.2. The Balaban J connectivity index is 2.01. The summed E-state index contributed by atoms with van der Waals surface area (Å²) < 4.78 is 6.24. The van der Waals surface area contributed by atoms with E-state index in [1.807, 2.05) is 38.1 Å². The van der Waals surface area contributed by atoms with E-state index < -0.39 is 17.3 Å². The van der Waals surface area contributed by atoms with E-state index in [2.05, 4.69) is 21.2 Å². The number of rotatable bonds is 6. The second-order valence-corrected chi connectivity index (χ2v) is 7.65. The first-order valence-electron chi connectivity index (χ1n) is 8.17. The summed E-state index contributed by atoms with van der Waals surface area (Å²) in [5, 5.41) is 12.3. The van der Waals surface area contributed by atoms with E-state index in [0.29, 0.717) is 13.2 Å². The molecule has 1 heterocycles. The molecule has 0 bridgehead atoms. The predicted molar refractivity (Wildman–Crippen MR) is 94.8 cm³/mol. The zero-order chi connectivity index (χ0) is 17.7. The highest BCUT2D eigenvalue weighted by Gasteiger charge is 2.33. The molecule has 0 aromatic heterocycles. The third kappa shape index (κ3) is 4.57. The summed E-state index contributed by atoms with van der Waals surface area (Å²) in [6.07, 6.45) is 1.45. The fourth-order valence-corrected chi connectivity index (χ4v) is 3.26.